The van der Waals surface area contributed by atoms with Crippen LogP contribution in [0.2, 0.25) is 0 Å². The molecule has 0 aliphatic heterocycles. The molecule has 80 valence electrons. The van der Waals surface area contributed by atoms with Gasteiger partial charge in [0.05, 0.1) is 5.92 Å². The molecule has 0 saturated heterocycles. The molecule has 2 atom stereocenters. The Morgan fingerprint density at radius 3 is 2.60 bits per heavy atom. The third-order valence-electron chi connectivity index (χ3n) is 3.30. The summed E-state index contributed by atoms with van der Waals surface area (Å²) in [5.74, 6) is -1.56. The lowest BCUT2D eigenvalue weighted by atomic mass is 10.0. The molecule has 0 aromatic heterocycles. The molecule has 1 aliphatic carbocycles. The van der Waals surface area contributed by atoms with Crippen molar-refractivity contribution in [2.45, 2.75) is 19.8 Å². The van der Waals surface area contributed by atoms with Crippen molar-refractivity contribution in [1.29, 1.82) is 0 Å². The van der Waals surface area contributed by atoms with Crippen LogP contribution >= 0.6 is 0 Å². The van der Waals surface area contributed by atoms with E-state index in [0.29, 0.717) is 0 Å². The van der Waals surface area contributed by atoms with Gasteiger partial charge in [-0.2, -0.15) is 0 Å². The van der Waals surface area contributed by atoms with Gasteiger partial charge in [-0.15, -0.1) is 0 Å². The van der Waals surface area contributed by atoms with E-state index in [9.17, 15) is 9.18 Å². The van der Waals surface area contributed by atoms with E-state index in [2.05, 4.69) is 0 Å². The molecule has 0 bridgehead atoms. The normalized spacial score (nSPS) is 27.4. The van der Waals surface area contributed by atoms with Gasteiger partial charge in [-0.25, -0.2) is 4.39 Å². The van der Waals surface area contributed by atoms with Gasteiger partial charge in [0.1, 0.15) is 5.82 Å². The molecule has 1 aromatic carbocycles. The van der Waals surface area contributed by atoms with Gasteiger partial charge >= 0.3 is 5.97 Å². The molecule has 15 heavy (non-hydrogen) atoms. The molecule has 1 aromatic rings. The Morgan fingerprint density at radius 2 is 2.13 bits per heavy atom. The number of hydrogen-bond acceptors (Lipinski definition) is 1. The lowest BCUT2D eigenvalue weighted by Crippen LogP contribution is -2.03. The number of halogens is 1. The average molecular weight is 208 g/mol. The number of carboxylic acid groups (broad SMARTS) is 1. The van der Waals surface area contributed by atoms with Gasteiger partial charge < -0.3 is 5.11 Å². The molecule has 0 spiro atoms. The smallest absolute Gasteiger partial charge is 0.307 e. The summed E-state index contributed by atoms with van der Waals surface area (Å²) in [6.45, 7) is 3.81. The molecule has 1 fully saturated rings. The summed E-state index contributed by atoms with van der Waals surface area (Å²) >= 11 is 0. The number of aliphatic carboxylic acids is 1. The summed E-state index contributed by atoms with van der Waals surface area (Å²) in [5.41, 5.74) is 0.520. The standard InChI is InChI=1S/C12H13FO2/c1-12(2)9(10(12)11(14)15)7-4-3-5-8(13)6-7/h3-6,9-10H,1-2H3,(H,14,15). The van der Waals surface area contributed by atoms with E-state index in [1.165, 1.54) is 12.1 Å². The van der Waals surface area contributed by atoms with E-state index >= 15 is 0 Å². The number of hydrogen-bond donors (Lipinski definition) is 1. The fourth-order valence-electron chi connectivity index (χ4n) is 2.42. The van der Waals surface area contributed by atoms with Crippen molar-refractivity contribution in [2.24, 2.45) is 11.3 Å². The Morgan fingerprint density at radius 1 is 1.47 bits per heavy atom. The first-order valence-corrected chi connectivity index (χ1v) is 4.93. The number of rotatable bonds is 2. The Hall–Kier alpha value is -1.38. The first kappa shape index (κ1) is 10.1. The molecule has 0 amide bonds. The maximum Gasteiger partial charge on any atom is 0.307 e. The fourth-order valence-corrected chi connectivity index (χ4v) is 2.42. The monoisotopic (exact) mass is 208 g/mol. The van der Waals surface area contributed by atoms with E-state index in [0.717, 1.165) is 5.56 Å². The molecule has 0 heterocycles. The van der Waals surface area contributed by atoms with Gasteiger partial charge in [0.2, 0.25) is 0 Å². The quantitative estimate of drug-likeness (QED) is 0.811. The molecule has 2 rings (SSSR count). The Labute approximate surface area is 87.7 Å². The zero-order valence-corrected chi connectivity index (χ0v) is 8.70. The first-order valence-electron chi connectivity index (χ1n) is 4.93. The molecule has 1 N–H and O–H groups in total. The second kappa shape index (κ2) is 3.05. The van der Waals surface area contributed by atoms with Crippen LogP contribution in [0.5, 0.6) is 0 Å². The Bertz CT molecular complexity index is 412. The van der Waals surface area contributed by atoms with Crippen molar-refractivity contribution >= 4 is 5.97 Å². The topological polar surface area (TPSA) is 37.3 Å². The van der Waals surface area contributed by atoms with Gasteiger partial charge in [-0.1, -0.05) is 26.0 Å². The zero-order chi connectivity index (χ0) is 11.2. The third kappa shape index (κ3) is 1.52. The van der Waals surface area contributed by atoms with E-state index in [1.54, 1.807) is 12.1 Å². The van der Waals surface area contributed by atoms with Crippen molar-refractivity contribution in [3.05, 3.63) is 35.6 Å². The minimum atomic E-state index is -0.797. The van der Waals surface area contributed by atoms with Crippen LogP contribution in [0.3, 0.4) is 0 Å². The summed E-state index contributed by atoms with van der Waals surface area (Å²) in [7, 11) is 0. The van der Waals surface area contributed by atoms with Crippen LogP contribution < -0.4 is 0 Å². The average Bonchev–Trinajstić information content (AvgIpc) is 2.69. The highest BCUT2D eigenvalue weighted by atomic mass is 19.1. The maximum atomic E-state index is 13.0. The summed E-state index contributed by atoms with van der Waals surface area (Å²) in [6, 6.07) is 6.21. The minimum absolute atomic E-state index is 0.0642. The highest BCUT2D eigenvalue weighted by Crippen LogP contribution is 2.64. The summed E-state index contributed by atoms with van der Waals surface area (Å²) in [6.07, 6.45) is 0. The van der Waals surface area contributed by atoms with Crippen LogP contribution in [0.1, 0.15) is 25.3 Å². The van der Waals surface area contributed by atoms with E-state index in [4.69, 9.17) is 5.11 Å². The third-order valence-corrected chi connectivity index (χ3v) is 3.30. The van der Waals surface area contributed by atoms with E-state index in [1.807, 2.05) is 13.8 Å². The van der Waals surface area contributed by atoms with Gasteiger partial charge in [-0.3, -0.25) is 4.79 Å². The fraction of sp³-hybridized carbons (Fsp3) is 0.417. The highest BCUT2D eigenvalue weighted by Gasteiger charge is 2.62. The SMILES string of the molecule is CC1(C)C(C(=O)O)C1c1cccc(F)c1. The van der Waals surface area contributed by atoms with Gasteiger partial charge in [-0.05, 0) is 23.1 Å². The van der Waals surface area contributed by atoms with Crippen LogP contribution in [-0.4, -0.2) is 11.1 Å². The van der Waals surface area contributed by atoms with Crippen LogP contribution in [0.25, 0.3) is 0 Å². The van der Waals surface area contributed by atoms with Gasteiger partial charge in [0, 0.05) is 5.92 Å². The molecule has 1 saturated carbocycles. The number of carbonyl (C=O) groups is 1. The second-order valence-corrected chi connectivity index (χ2v) is 4.67. The van der Waals surface area contributed by atoms with Crippen molar-refractivity contribution in [2.75, 3.05) is 0 Å². The first-order chi connectivity index (χ1) is 6.94. The van der Waals surface area contributed by atoms with Crippen LogP contribution in [0, 0.1) is 17.2 Å². The Kier molecular flexibility index (Phi) is 2.07. The second-order valence-electron chi connectivity index (χ2n) is 4.67. The predicted octanol–water partition coefficient (Wildman–Crippen LogP) is 2.65. The molecule has 0 radical (unpaired) electrons. The predicted molar refractivity (Wildman–Crippen MR) is 54.0 cm³/mol. The molecule has 2 nitrogen and oxygen atoms in total. The number of benzene rings is 1. The molecular weight excluding hydrogens is 195 g/mol. The van der Waals surface area contributed by atoms with Gasteiger partial charge in [0.25, 0.3) is 0 Å². The van der Waals surface area contributed by atoms with Crippen molar-refractivity contribution in [3.63, 3.8) is 0 Å². The molecular formula is C12H13FO2. The van der Waals surface area contributed by atoms with E-state index in [-0.39, 0.29) is 23.1 Å². The minimum Gasteiger partial charge on any atom is -0.481 e. The lowest BCUT2D eigenvalue weighted by molar-refractivity contribution is -0.139. The lowest BCUT2D eigenvalue weighted by Gasteiger charge is -2.02. The van der Waals surface area contributed by atoms with Crippen LogP contribution in [-0.2, 0) is 4.79 Å². The summed E-state index contributed by atoms with van der Waals surface area (Å²) in [4.78, 5) is 11.0. The molecule has 2 unspecified atom stereocenters. The molecule has 1 aliphatic rings. The summed E-state index contributed by atoms with van der Waals surface area (Å²) in [5, 5.41) is 9.00. The Balaban J connectivity index is 2.31. The highest BCUT2D eigenvalue weighted by molar-refractivity contribution is 5.77. The number of carboxylic acids is 1. The summed E-state index contributed by atoms with van der Waals surface area (Å²) < 4.78 is 13.0. The van der Waals surface area contributed by atoms with Crippen molar-refractivity contribution in [1.82, 2.24) is 0 Å². The van der Waals surface area contributed by atoms with Crippen LogP contribution in [0.15, 0.2) is 24.3 Å². The van der Waals surface area contributed by atoms with Gasteiger partial charge in [0.15, 0.2) is 0 Å². The van der Waals surface area contributed by atoms with E-state index < -0.39 is 5.97 Å². The van der Waals surface area contributed by atoms with Crippen molar-refractivity contribution < 1.29 is 14.3 Å². The molecule has 3 heteroatoms. The largest absolute Gasteiger partial charge is 0.481 e. The van der Waals surface area contributed by atoms with Crippen molar-refractivity contribution in [3.8, 4) is 0 Å². The van der Waals surface area contributed by atoms with Crippen LogP contribution in [0.4, 0.5) is 4.39 Å². The maximum absolute atomic E-state index is 13.0. The zero-order valence-electron chi connectivity index (χ0n) is 8.70.